The predicted octanol–water partition coefficient (Wildman–Crippen LogP) is 4.57. The highest BCUT2D eigenvalue weighted by Gasteiger charge is 2.19. The molecule has 1 amide bonds. The Kier molecular flexibility index (Phi) is 5.59. The van der Waals surface area contributed by atoms with E-state index < -0.39 is 5.91 Å². The fraction of sp³-hybridized carbons (Fsp3) is 0.130. The summed E-state index contributed by atoms with van der Waals surface area (Å²) < 4.78 is 5.30. The Morgan fingerprint density at radius 1 is 1.23 bits per heavy atom. The van der Waals surface area contributed by atoms with Crippen LogP contribution in [0.25, 0.3) is 10.9 Å². The van der Waals surface area contributed by atoms with E-state index in [2.05, 4.69) is 39.6 Å². The number of fused-ring (bicyclic) bond motifs is 1. The van der Waals surface area contributed by atoms with Gasteiger partial charge in [-0.15, -0.1) is 0 Å². The monoisotopic (exact) mass is 420 g/mol. The Balaban J connectivity index is 1.68. The average Bonchev–Trinajstić information content (AvgIpc) is 3.19. The van der Waals surface area contributed by atoms with Crippen LogP contribution in [-0.2, 0) is 0 Å². The number of aromatic amines is 1. The van der Waals surface area contributed by atoms with Gasteiger partial charge in [0.25, 0.3) is 0 Å². The third-order valence-electron chi connectivity index (χ3n) is 5.11. The molecule has 4 rings (SSSR count). The molecule has 0 saturated heterocycles. The second-order valence-electron chi connectivity index (χ2n) is 6.91. The Hall–Kier alpha value is -3.51. The number of anilines is 1. The molecule has 2 heterocycles. The number of rotatable bonds is 7. The number of halogens is 1. The number of hydrogen-bond donors (Lipinski definition) is 3. The Labute approximate surface area is 179 Å². The van der Waals surface area contributed by atoms with Crippen LogP contribution >= 0.6 is 11.6 Å². The van der Waals surface area contributed by atoms with Crippen molar-refractivity contribution in [3.05, 3.63) is 88.7 Å². The van der Waals surface area contributed by atoms with E-state index in [-0.39, 0.29) is 11.5 Å². The maximum absolute atomic E-state index is 11.3. The number of pyridine rings is 1. The first kappa shape index (κ1) is 19.8. The zero-order valence-corrected chi connectivity index (χ0v) is 17.1. The van der Waals surface area contributed by atoms with Gasteiger partial charge in [-0.3, -0.25) is 4.79 Å². The smallest absolute Gasteiger partial charge is 0.250 e. The molecule has 0 saturated carbocycles. The molecule has 0 aliphatic rings. The Bertz CT molecular complexity index is 1190. The van der Waals surface area contributed by atoms with Gasteiger partial charge >= 0.3 is 0 Å². The van der Waals surface area contributed by atoms with Gasteiger partial charge in [0.15, 0.2) is 0 Å². The van der Waals surface area contributed by atoms with Crippen molar-refractivity contribution < 1.29 is 9.53 Å². The molecule has 4 aromatic rings. The molecule has 0 radical (unpaired) electrons. The van der Waals surface area contributed by atoms with E-state index in [1.54, 1.807) is 7.11 Å². The van der Waals surface area contributed by atoms with Crippen LogP contribution in [0.4, 0.5) is 5.82 Å². The van der Waals surface area contributed by atoms with Gasteiger partial charge < -0.3 is 20.8 Å². The van der Waals surface area contributed by atoms with Crippen molar-refractivity contribution in [2.45, 2.75) is 5.92 Å². The van der Waals surface area contributed by atoms with Gasteiger partial charge in [-0.2, -0.15) is 0 Å². The molecule has 152 valence electrons. The van der Waals surface area contributed by atoms with E-state index >= 15 is 0 Å². The van der Waals surface area contributed by atoms with Crippen molar-refractivity contribution in [3.8, 4) is 5.75 Å². The van der Waals surface area contributed by atoms with Gasteiger partial charge in [0.2, 0.25) is 5.91 Å². The van der Waals surface area contributed by atoms with Crippen LogP contribution in [0.3, 0.4) is 0 Å². The summed E-state index contributed by atoms with van der Waals surface area (Å²) in [5.74, 6) is 0.766. The quantitative estimate of drug-likeness (QED) is 0.408. The number of primary amides is 1. The number of amides is 1. The Morgan fingerprint density at radius 3 is 2.70 bits per heavy atom. The number of hydrogen-bond acceptors (Lipinski definition) is 4. The average molecular weight is 421 g/mol. The molecular weight excluding hydrogens is 400 g/mol. The highest BCUT2D eigenvalue weighted by Crippen LogP contribution is 2.32. The minimum atomic E-state index is -0.564. The maximum atomic E-state index is 11.3. The van der Waals surface area contributed by atoms with Crippen molar-refractivity contribution >= 4 is 34.2 Å². The fourth-order valence-corrected chi connectivity index (χ4v) is 3.76. The predicted molar refractivity (Wildman–Crippen MR) is 119 cm³/mol. The van der Waals surface area contributed by atoms with Gasteiger partial charge in [-0.25, -0.2) is 4.98 Å². The molecule has 0 aliphatic carbocycles. The lowest BCUT2D eigenvalue weighted by Crippen LogP contribution is -2.16. The molecule has 2 aromatic carbocycles. The second-order valence-corrected chi connectivity index (χ2v) is 7.32. The fourth-order valence-electron chi connectivity index (χ4n) is 3.53. The van der Waals surface area contributed by atoms with Crippen LogP contribution in [0, 0.1) is 0 Å². The van der Waals surface area contributed by atoms with E-state index in [1.807, 2.05) is 30.5 Å². The number of nitrogens with zero attached hydrogens (tertiary/aromatic N) is 1. The number of benzene rings is 2. The first-order chi connectivity index (χ1) is 14.6. The second kappa shape index (κ2) is 8.47. The van der Waals surface area contributed by atoms with E-state index in [4.69, 9.17) is 22.1 Å². The highest BCUT2D eigenvalue weighted by molar-refractivity contribution is 6.33. The van der Waals surface area contributed by atoms with Crippen molar-refractivity contribution in [2.24, 2.45) is 5.73 Å². The standard InChI is InChI=1S/C23H21ClN4O2/c1-30-16-8-6-14(7-9-16)18(19-13-26-21-5-3-2-4-17(19)21)12-28-23-20(24)10-15(11-27-23)22(25)29/h2-11,13,18,26H,12H2,1H3,(H2,25,29)(H,27,28). The zero-order chi connectivity index (χ0) is 21.1. The number of ether oxygens (including phenoxy) is 1. The summed E-state index contributed by atoms with van der Waals surface area (Å²) in [4.78, 5) is 18.9. The molecule has 7 heteroatoms. The number of para-hydroxylation sites is 1. The van der Waals surface area contributed by atoms with Crippen LogP contribution in [0.1, 0.15) is 27.4 Å². The molecule has 1 atom stereocenters. The van der Waals surface area contributed by atoms with Crippen molar-refractivity contribution in [3.63, 3.8) is 0 Å². The van der Waals surface area contributed by atoms with Gasteiger partial charge in [0.1, 0.15) is 11.6 Å². The number of carbonyl (C=O) groups is 1. The number of nitrogens with one attached hydrogen (secondary N) is 2. The van der Waals surface area contributed by atoms with Crippen molar-refractivity contribution in [1.82, 2.24) is 9.97 Å². The number of methoxy groups -OCH3 is 1. The van der Waals surface area contributed by atoms with Gasteiger partial charge in [-0.05, 0) is 35.4 Å². The minimum absolute atomic E-state index is 0.0285. The molecule has 0 aliphatic heterocycles. The lowest BCUT2D eigenvalue weighted by atomic mass is 9.91. The zero-order valence-electron chi connectivity index (χ0n) is 16.4. The van der Waals surface area contributed by atoms with E-state index in [9.17, 15) is 4.79 Å². The van der Waals surface area contributed by atoms with E-state index in [1.165, 1.54) is 12.3 Å². The number of H-pyrrole nitrogens is 1. The summed E-state index contributed by atoms with van der Waals surface area (Å²) in [7, 11) is 1.65. The lowest BCUT2D eigenvalue weighted by Gasteiger charge is -2.19. The summed E-state index contributed by atoms with van der Waals surface area (Å²) in [5.41, 5.74) is 8.93. The SMILES string of the molecule is COc1ccc(C(CNc2ncc(C(N)=O)cc2Cl)c2c[nH]c3ccccc23)cc1. The molecule has 0 spiro atoms. The van der Waals surface area contributed by atoms with Crippen molar-refractivity contribution in [2.75, 3.05) is 19.0 Å². The normalized spacial score (nSPS) is 11.9. The maximum Gasteiger partial charge on any atom is 0.250 e. The largest absolute Gasteiger partial charge is 0.497 e. The van der Waals surface area contributed by atoms with E-state index in [0.29, 0.717) is 17.4 Å². The third-order valence-corrected chi connectivity index (χ3v) is 5.40. The van der Waals surface area contributed by atoms with E-state index in [0.717, 1.165) is 27.8 Å². The number of carbonyl (C=O) groups excluding carboxylic acids is 1. The molecular formula is C23H21ClN4O2. The van der Waals surface area contributed by atoms with Crippen LogP contribution in [0.5, 0.6) is 5.75 Å². The first-order valence-corrected chi connectivity index (χ1v) is 9.84. The first-order valence-electron chi connectivity index (χ1n) is 9.46. The summed E-state index contributed by atoms with van der Waals surface area (Å²) >= 11 is 6.31. The van der Waals surface area contributed by atoms with Gasteiger partial charge in [0, 0.05) is 35.8 Å². The van der Waals surface area contributed by atoms with Crippen LogP contribution < -0.4 is 15.8 Å². The van der Waals surface area contributed by atoms with Gasteiger partial charge in [0.05, 0.1) is 17.7 Å². The van der Waals surface area contributed by atoms with Crippen LogP contribution in [0.2, 0.25) is 5.02 Å². The number of nitrogens with two attached hydrogens (primary N) is 1. The summed E-state index contributed by atoms with van der Waals surface area (Å²) in [6, 6.07) is 17.7. The highest BCUT2D eigenvalue weighted by atomic mass is 35.5. The molecule has 2 aromatic heterocycles. The van der Waals surface area contributed by atoms with Crippen LogP contribution in [0.15, 0.2) is 67.0 Å². The minimum Gasteiger partial charge on any atom is -0.497 e. The lowest BCUT2D eigenvalue weighted by molar-refractivity contribution is 0.1000. The summed E-state index contributed by atoms with van der Waals surface area (Å²) in [6.45, 7) is 0.552. The molecule has 6 nitrogen and oxygen atoms in total. The Morgan fingerprint density at radius 2 is 2.00 bits per heavy atom. The topological polar surface area (TPSA) is 93.0 Å². The molecule has 30 heavy (non-hydrogen) atoms. The summed E-state index contributed by atoms with van der Waals surface area (Å²) in [5, 5.41) is 4.82. The molecule has 0 fully saturated rings. The summed E-state index contributed by atoms with van der Waals surface area (Å²) in [6.07, 6.45) is 3.46. The number of aromatic nitrogens is 2. The molecule has 1 unspecified atom stereocenters. The molecule has 4 N–H and O–H groups in total. The van der Waals surface area contributed by atoms with Gasteiger partial charge in [-0.1, -0.05) is 41.9 Å². The van der Waals surface area contributed by atoms with Crippen LogP contribution in [-0.4, -0.2) is 29.5 Å². The third kappa shape index (κ3) is 3.95. The van der Waals surface area contributed by atoms with Crippen molar-refractivity contribution in [1.29, 1.82) is 0 Å². The molecule has 0 bridgehead atoms.